The molecule has 2 atom stereocenters. The van der Waals surface area contributed by atoms with Crippen molar-refractivity contribution in [1.82, 2.24) is 4.98 Å². The van der Waals surface area contributed by atoms with Gasteiger partial charge in [0.25, 0.3) is 0 Å². The number of pyridine rings is 1. The molecule has 1 aliphatic rings. The summed E-state index contributed by atoms with van der Waals surface area (Å²) in [5.41, 5.74) is 6.62. The number of aromatic nitrogens is 1. The van der Waals surface area contributed by atoms with Gasteiger partial charge in [-0.3, -0.25) is 0 Å². The van der Waals surface area contributed by atoms with E-state index < -0.39 is 0 Å². The Morgan fingerprint density at radius 3 is 3.10 bits per heavy atom. The van der Waals surface area contributed by atoms with E-state index in [0.29, 0.717) is 35.0 Å². The lowest BCUT2D eigenvalue weighted by Gasteiger charge is -2.29. The normalized spacial score (nSPS) is 21.8. The fourth-order valence-electron chi connectivity index (χ4n) is 2.64. The summed E-state index contributed by atoms with van der Waals surface area (Å²) < 4.78 is 5.08. The Bertz CT molecular complexity index is 496. The average molecular weight is 309 g/mol. The molecule has 1 aliphatic carbocycles. The third-order valence-corrected chi connectivity index (χ3v) is 4.80. The summed E-state index contributed by atoms with van der Waals surface area (Å²) in [6, 6.07) is 1.97. The minimum absolute atomic E-state index is 0.338. The molecule has 0 bridgehead atoms. The molecule has 21 heavy (non-hydrogen) atoms. The van der Waals surface area contributed by atoms with Crippen molar-refractivity contribution in [2.75, 3.05) is 23.9 Å². The minimum Gasteiger partial charge on any atom is -0.462 e. The quantitative estimate of drug-likeness (QED) is 0.814. The summed E-state index contributed by atoms with van der Waals surface area (Å²) in [5, 5.41) is 4.08. The predicted molar refractivity (Wildman–Crippen MR) is 87.8 cm³/mol. The summed E-state index contributed by atoms with van der Waals surface area (Å²) in [7, 11) is 0. The fourth-order valence-corrected chi connectivity index (χ4v) is 3.47. The molecule has 116 valence electrons. The first-order valence-corrected chi connectivity index (χ1v) is 8.64. The van der Waals surface area contributed by atoms with E-state index in [1.54, 1.807) is 19.2 Å². The molecule has 1 aromatic heterocycles. The molecule has 1 aromatic rings. The van der Waals surface area contributed by atoms with Crippen LogP contribution < -0.4 is 11.1 Å². The van der Waals surface area contributed by atoms with E-state index in [2.05, 4.69) is 16.6 Å². The number of rotatable bonds is 5. The number of hydrogen-bond acceptors (Lipinski definition) is 6. The minimum atomic E-state index is -0.378. The van der Waals surface area contributed by atoms with Gasteiger partial charge in [0.05, 0.1) is 18.5 Å². The molecule has 0 amide bonds. The average Bonchev–Trinajstić information content (AvgIpc) is 2.49. The number of nitrogen functional groups attached to an aromatic ring is 1. The Balaban J connectivity index is 2.13. The van der Waals surface area contributed by atoms with Gasteiger partial charge in [0, 0.05) is 11.3 Å². The molecule has 2 rings (SSSR count). The van der Waals surface area contributed by atoms with Gasteiger partial charge >= 0.3 is 5.97 Å². The third kappa shape index (κ3) is 4.27. The van der Waals surface area contributed by atoms with Crippen molar-refractivity contribution in [3.8, 4) is 0 Å². The van der Waals surface area contributed by atoms with Crippen LogP contribution in [0.25, 0.3) is 0 Å². The lowest BCUT2D eigenvalue weighted by atomic mass is 9.95. The number of carbonyl (C=O) groups excluding carboxylic acids is 1. The van der Waals surface area contributed by atoms with Crippen LogP contribution in [0.5, 0.6) is 0 Å². The van der Waals surface area contributed by atoms with E-state index in [9.17, 15) is 4.79 Å². The van der Waals surface area contributed by atoms with Gasteiger partial charge in [-0.05, 0) is 38.5 Å². The first-order chi connectivity index (χ1) is 10.1. The maximum absolute atomic E-state index is 12.0. The van der Waals surface area contributed by atoms with Crippen LogP contribution in [0.15, 0.2) is 12.3 Å². The van der Waals surface area contributed by atoms with Crippen LogP contribution in [0.3, 0.4) is 0 Å². The van der Waals surface area contributed by atoms with Crippen molar-refractivity contribution in [2.24, 2.45) is 0 Å². The van der Waals surface area contributed by atoms with Crippen LogP contribution in [0, 0.1) is 0 Å². The molecule has 1 saturated carbocycles. The molecule has 1 fully saturated rings. The van der Waals surface area contributed by atoms with Crippen LogP contribution >= 0.6 is 11.8 Å². The van der Waals surface area contributed by atoms with Crippen LogP contribution in [0.4, 0.5) is 11.5 Å². The zero-order valence-electron chi connectivity index (χ0n) is 12.6. The maximum Gasteiger partial charge on any atom is 0.341 e. The number of nitrogens with one attached hydrogen (secondary N) is 1. The summed E-state index contributed by atoms with van der Waals surface area (Å²) in [4.78, 5) is 16.3. The number of nitrogens with zero attached hydrogens (tertiary/aromatic N) is 1. The zero-order valence-corrected chi connectivity index (χ0v) is 13.4. The first kappa shape index (κ1) is 15.9. The van der Waals surface area contributed by atoms with Gasteiger partial charge in [-0.2, -0.15) is 11.8 Å². The molecule has 0 aliphatic heterocycles. The molecule has 2 unspecified atom stereocenters. The number of thioether (sulfide) groups is 1. The smallest absolute Gasteiger partial charge is 0.341 e. The second kappa shape index (κ2) is 7.54. The predicted octanol–water partition coefficient (Wildman–Crippen LogP) is 2.93. The van der Waals surface area contributed by atoms with E-state index in [0.717, 1.165) is 12.8 Å². The Hall–Kier alpha value is -1.43. The molecule has 0 radical (unpaired) electrons. The fraction of sp³-hybridized carbons (Fsp3) is 0.600. The Morgan fingerprint density at radius 1 is 1.57 bits per heavy atom. The first-order valence-electron chi connectivity index (χ1n) is 7.36. The van der Waals surface area contributed by atoms with Crippen molar-refractivity contribution in [1.29, 1.82) is 0 Å². The van der Waals surface area contributed by atoms with Crippen molar-refractivity contribution in [2.45, 2.75) is 43.9 Å². The standard InChI is InChI=1S/C15H23N3O2S/c1-3-20-15(19)13-7-10(16)9-17-14(13)18-11-5-4-6-12(8-11)21-2/h7,9,11-12H,3-6,8,16H2,1-2H3,(H,17,18). The van der Waals surface area contributed by atoms with E-state index in [4.69, 9.17) is 10.5 Å². The molecule has 0 spiro atoms. The van der Waals surface area contributed by atoms with E-state index in [1.807, 2.05) is 11.8 Å². The highest BCUT2D eigenvalue weighted by atomic mass is 32.2. The van der Waals surface area contributed by atoms with E-state index in [-0.39, 0.29) is 5.97 Å². The number of nitrogens with two attached hydrogens (primary N) is 1. The molecular weight excluding hydrogens is 286 g/mol. The van der Waals surface area contributed by atoms with Gasteiger partial charge in [-0.15, -0.1) is 0 Å². The molecule has 0 aromatic carbocycles. The highest BCUT2D eigenvalue weighted by molar-refractivity contribution is 7.99. The highest BCUT2D eigenvalue weighted by Gasteiger charge is 2.23. The van der Waals surface area contributed by atoms with E-state index in [1.165, 1.54) is 12.8 Å². The highest BCUT2D eigenvalue weighted by Crippen LogP contribution is 2.29. The second-order valence-corrected chi connectivity index (χ2v) is 6.39. The van der Waals surface area contributed by atoms with Gasteiger partial charge in [0.1, 0.15) is 11.4 Å². The number of carbonyl (C=O) groups is 1. The maximum atomic E-state index is 12.0. The van der Waals surface area contributed by atoms with Gasteiger partial charge < -0.3 is 15.8 Å². The van der Waals surface area contributed by atoms with Crippen molar-refractivity contribution in [3.63, 3.8) is 0 Å². The summed E-state index contributed by atoms with van der Waals surface area (Å²) in [5.74, 6) is 0.200. The van der Waals surface area contributed by atoms with Crippen LogP contribution in [-0.2, 0) is 4.74 Å². The Morgan fingerprint density at radius 2 is 2.38 bits per heavy atom. The summed E-state index contributed by atoms with van der Waals surface area (Å²) >= 11 is 1.91. The van der Waals surface area contributed by atoms with Crippen molar-refractivity contribution < 1.29 is 9.53 Å². The largest absolute Gasteiger partial charge is 0.462 e. The topological polar surface area (TPSA) is 77.2 Å². The van der Waals surface area contributed by atoms with Crippen molar-refractivity contribution >= 4 is 29.2 Å². The SMILES string of the molecule is CCOC(=O)c1cc(N)cnc1NC1CCCC(SC)C1. The molecule has 3 N–H and O–H groups in total. The van der Waals surface area contributed by atoms with Crippen LogP contribution in [-0.4, -0.2) is 35.1 Å². The molecule has 1 heterocycles. The van der Waals surface area contributed by atoms with Crippen LogP contribution in [0.2, 0.25) is 0 Å². The molecule has 5 nitrogen and oxygen atoms in total. The second-order valence-electron chi connectivity index (χ2n) is 5.25. The molecule has 6 heteroatoms. The summed E-state index contributed by atoms with van der Waals surface area (Å²) in [6.07, 6.45) is 8.38. The number of anilines is 2. The molecular formula is C15H23N3O2S. The Kier molecular flexibility index (Phi) is 5.73. The zero-order chi connectivity index (χ0) is 15.2. The molecule has 0 saturated heterocycles. The third-order valence-electron chi connectivity index (χ3n) is 3.70. The van der Waals surface area contributed by atoms with Crippen molar-refractivity contribution in [3.05, 3.63) is 17.8 Å². The Labute approximate surface area is 130 Å². The van der Waals surface area contributed by atoms with Gasteiger partial charge in [-0.25, -0.2) is 9.78 Å². The number of esters is 1. The van der Waals surface area contributed by atoms with Gasteiger partial charge in [0.2, 0.25) is 0 Å². The number of ether oxygens (including phenoxy) is 1. The lowest BCUT2D eigenvalue weighted by Crippen LogP contribution is -2.29. The van der Waals surface area contributed by atoms with Crippen LogP contribution in [0.1, 0.15) is 43.0 Å². The summed E-state index contributed by atoms with van der Waals surface area (Å²) in [6.45, 7) is 2.12. The van der Waals surface area contributed by atoms with E-state index >= 15 is 0 Å². The monoisotopic (exact) mass is 309 g/mol. The lowest BCUT2D eigenvalue weighted by molar-refractivity contribution is 0.0527. The number of hydrogen-bond donors (Lipinski definition) is 2. The van der Waals surface area contributed by atoms with Gasteiger partial charge in [0.15, 0.2) is 0 Å². The van der Waals surface area contributed by atoms with Gasteiger partial charge in [-0.1, -0.05) is 6.42 Å².